The number of fused-ring (bicyclic) bond motifs is 4. The normalized spacial score (nSPS) is 25.1. The standard InChI is InChI=1S/C48H70N6O6.C37H54N4O7.C11H18N2.BH.U/c1-30-40-25-36(48(40,3)4)26-41(30)50-47(58)44-43(31(2)56)42(29-55)60-54(44)27-33-17-14-18-39(45(33)59-20-19-51(5)6)34-22-35(24-38(23-34)53(9)10)46(57)49-37(28-52(7)8)21-32-15-12-11-13-16-32;1-21-29-17-26(37(29,3)4)18-30(21)38-35(44)33-32(22(2)43)31(20-42)48-41(33)19-23-10-9-11-28(34(23)47-13-12-39(5)6)24-14-25(36(45)46)16-27(15-24)40(7)8;1-13(2)9-11(12)8-10-6-4-3-5-7-10;;/h11-18,22-24,30-31,36-37,40-44,55-56H,19-21,25-29H2,1-10H3,(H,49,57)(H,50,58);9-11,14-16,21-22,26,29-33,42-43H,12-13,17-20H2,1-8H3,(H,38,44)(H,45,46);3-7,11H,8-9,12H2,1-2H3;1H;/t30-,31-,36+,37-,40-,41-,42-,43+,44-;21-,22-,26+,29-,30-,31-,32+,33-;11-;;/m000../s1/i;;;1T;. The summed E-state index contributed by atoms with van der Waals surface area (Å²) in [5.74, 6) is 1.11. The molecule has 4 bridgehead atoms. The number of carbonyl (C=O) groups excluding carboxylic acids is 3. The summed E-state index contributed by atoms with van der Waals surface area (Å²) < 4.78 is 18.4. The van der Waals surface area contributed by atoms with Crippen molar-refractivity contribution in [1.29, 1.82) is 1.34 Å². The van der Waals surface area contributed by atoms with E-state index in [1.54, 1.807) is 36.1 Å². The SMILES string of the molecule is CN(C)C[C@@H](N)Cc1ccccc1.C[C@@H]1[C@@H](NC(=O)[C@@H]2[C@H]([C@H](C)O)[C@H](CO)ON2Cc2cccc(-c3cc(C(=O)N[C@@H](Cc4ccccc4)CN(C)C)cc(N(C)C)c3)c2OCCN(C)C)C[C@H]2C[C@@H]1C2(C)C.C[C@@H]1[C@@H](NC(=O)[C@@H]2[C@H]([C@H](C)O)[C@H](CO)ON2Cc2cccc(-c3cc(C(=O)O)cc(N(C)C)c3)c2OCCN(C)C)C[C@H]2C[C@@H]1C2(C)C.[3H][B].[U]. The van der Waals surface area contributed by atoms with Crippen molar-refractivity contribution >= 4 is 43.4 Å². The molecular weight excluding hydrogens is 1780 g/mol. The third-order valence-electron chi connectivity index (χ3n) is 26.7. The van der Waals surface area contributed by atoms with Crippen LogP contribution >= 0.6 is 0 Å². The minimum atomic E-state index is -1.03. The van der Waals surface area contributed by atoms with Crippen LogP contribution in [0.3, 0.4) is 0 Å². The van der Waals surface area contributed by atoms with Gasteiger partial charge in [0.2, 0.25) is 11.8 Å². The summed E-state index contributed by atoms with van der Waals surface area (Å²) in [4.78, 5) is 79.7. The molecule has 18 atom stereocenters. The summed E-state index contributed by atoms with van der Waals surface area (Å²) in [6.07, 6.45) is 2.53. The topological polar surface area (TPSA) is 294 Å². The molecule has 14 rings (SSSR count). The Morgan fingerprint density at radius 1 is 0.553 bits per heavy atom. The fourth-order valence-electron chi connectivity index (χ4n) is 19.7. The molecule has 6 aromatic rings. The number of hydroxylamine groups is 4. The molecule has 0 unspecified atom stereocenters. The van der Waals surface area contributed by atoms with Gasteiger partial charge in [-0.25, -0.2) is 4.79 Å². The summed E-state index contributed by atoms with van der Waals surface area (Å²) in [7, 11) is 27.4. The second-order valence-electron chi connectivity index (χ2n) is 37.8. The van der Waals surface area contributed by atoms with E-state index in [1.165, 1.54) is 18.4 Å². The summed E-state index contributed by atoms with van der Waals surface area (Å²) in [6.45, 7) is 20.4. The summed E-state index contributed by atoms with van der Waals surface area (Å²) in [6, 6.07) is 41.7. The van der Waals surface area contributed by atoms with E-state index < -0.39 is 54.3 Å². The van der Waals surface area contributed by atoms with Gasteiger partial charge in [-0.3, -0.25) is 24.1 Å². The van der Waals surface area contributed by atoms with Crippen LogP contribution in [0.25, 0.3) is 22.3 Å². The van der Waals surface area contributed by atoms with E-state index in [9.17, 15) is 44.7 Å². The van der Waals surface area contributed by atoms with Gasteiger partial charge in [0.25, 0.3) is 5.91 Å². The smallest absolute Gasteiger partial charge is 0.335 e. The van der Waals surface area contributed by atoms with E-state index in [0.717, 1.165) is 65.0 Å². The maximum absolute atomic E-state index is 14.5. The van der Waals surface area contributed by atoms with Crippen LogP contribution in [0, 0.1) is 89.3 Å². The number of aliphatic hydroxyl groups excluding tert-OH is 4. The van der Waals surface area contributed by atoms with Crippen molar-refractivity contribution in [1.82, 2.24) is 45.7 Å². The molecule has 6 saturated carbocycles. The molecule has 2 saturated heterocycles. The molecule has 2 aliphatic heterocycles. The molecule has 0 aromatic heterocycles. The number of carboxylic acids is 1. The number of benzene rings is 6. The molecule has 10 N–H and O–H groups in total. The number of hydrogen-bond acceptors (Lipinski definition) is 21. The Hall–Kier alpha value is -7.00. The molecule has 123 heavy (non-hydrogen) atoms. The summed E-state index contributed by atoms with van der Waals surface area (Å²) in [5, 5.41) is 66.0. The van der Waals surface area contributed by atoms with Crippen molar-refractivity contribution in [3.8, 4) is 33.8 Å². The van der Waals surface area contributed by atoms with Crippen LogP contribution < -0.4 is 41.0 Å². The van der Waals surface area contributed by atoms with Crippen LogP contribution in [-0.2, 0) is 45.2 Å². The zero-order valence-electron chi connectivity index (χ0n) is 77.6. The van der Waals surface area contributed by atoms with E-state index in [4.69, 9.17) is 26.2 Å². The van der Waals surface area contributed by atoms with Crippen molar-refractivity contribution < 1.29 is 95.0 Å². The zero-order valence-corrected chi connectivity index (χ0v) is 80.8. The van der Waals surface area contributed by atoms with Crippen molar-refractivity contribution in [3.05, 3.63) is 167 Å². The molecule has 0 spiro atoms. The number of ether oxygens (including phenoxy) is 2. The fraction of sp³-hybridized carbons (Fsp3) is 0.583. The van der Waals surface area contributed by atoms with Gasteiger partial charge in [0.1, 0.15) is 49.0 Å². The number of para-hydroxylation sites is 2. The van der Waals surface area contributed by atoms with Gasteiger partial charge in [0, 0.05) is 169 Å². The van der Waals surface area contributed by atoms with Crippen molar-refractivity contribution in [2.75, 3.05) is 147 Å². The Labute approximate surface area is 759 Å². The van der Waals surface area contributed by atoms with Crippen LogP contribution in [0.15, 0.2) is 133 Å². The first-order valence-electron chi connectivity index (χ1n) is 44.0. The molecular formula is C96H143BN12O13U. The molecule has 8 aliphatic rings. The van der Waals surface area contributed by atoms with Gasteiger partial charge in [-0.05, 0) is 215 Å². The van der Waals surface area contributed by atoms with Crippen LogP contribution in [0.2, 0.25) is 0 Å². The summed E-state index contributed by atoms with van der Waals surface area (Å²) in [5.41, 5.74) is 15.8. The number of anilines is 2. The van der Waals surface area contributed by atoms with Gasteiger partial charge in [0.05, 0.1) is 44.1 Å². The van der Waals surface area contributed by atoms with Gasteiger partial charge in [-0.2, -0.15) is 10.1 Å². The third kappa shape index (κ3) is 25.3. The van der Waals surface area contributed by atoms with E-state index in [1.807, 2.05) is 178 Å². The maximum atomic E-state index is 14.5. The number of nitrogens with one attached hydrogen (secondary N) is 3. The number of nitrogens with zero attached hydrogens (tertiary/aromatic N) is 8. The third-order valence-corrected chi connectivity index (χ3v) is 26.7. The second kappa shape index (κ2) is 45.1. The Morgan fingerprint density at radius 2 is 0.951 bits per heavy atom. The first-order chi connectivity index (χ1) is 58.3. The largest absolute Gasteiger partial charge is 0.491 e. The number of carbonyl (C=O) groups is 4. The van der Waals surface area contributed by atoms with Crippen LogP contribution in [0.5, 0.6) is 11.5 Å². The number of aromatic carboxylic acids is 1. The average Bonchev–Trinajstić information content (AvgIpc) is 0.928. The molecule has 6 aromatic carbocycles. The molecule has 25 nitrogen and oxygen atoms in total. The van der Waals surface area contributed by atoms with Crippen LogP contribution in [-0.4, -0.2) is 287 Å². The average molecular weight is 1920 g/mol. The van der Waals surface area contributed by atoms with Gasteiger partial charge >= 0.3 is 5.97 Å². The fourth-order valence-corrected chi connectivity index (χ4v) is 19.7. The van der Waals surface area contributed by atoms with Crippen molar-refractivity contribution in [2.24, 2.45) is 63.9 Å². The minimum Gasteiger partial charge on any atom is -0.491 e. The van der Waals surface area contributed by atoms with E-state index in [0.29, 0.717) is 103 Å². The molecule has 6 aliphatic carbocycles. The Bertz CT molecular complexity index is 4400. The Kier molecular flexibility index (Phi) is 36.6. The van der Waals surface area contributed by atoms with Crippen molar-refractivity contribution in [2.45, 2.75) is 168 Å². The minimum absolute atomic E-state index is 0. The zero-order chi connectivity index (χ0) is 90.2. The maximum Gasteiger partial charge on any atom is 0.335 e. The predicted octanol–water partition coefficient (Wildman–Crippen LogP) is 9.11. The predicted molar refractivity (Wildman–Crippen MR) is 486 cm³/mol. The molecule has 2 radical (unpaired) electrons. The first kappa shape index (κ1) is 99.8. The van der Waals surface area contributed by atoms with E-state index in [2.05, 4.69) is 123 Å². The first-order valence-corrected chi connectivity index (χ1v) is 43.5. The number of likely N-dealkylation sites (N-methyl/N-ethyl adjacent to an activating group) is 4. The number of nitrogens with two attached hydrogens (primary N) is 1. The number of aliphatic hydroxyl groups is 4. The van der Waals surface area contributed by atoms with Gasteiger partial charge in [0.15, 0.2) is 0 Å². The number of rotatable bonds is 35. The second-order valence-corrected chi connectivity index (χ2v) is 37.8. The summed E-state index contributed by atoms with van der Waals surface area (Å²) >= 11 is 0. The van der Waals surface area contributed by atoms with Gasteiger partial charge < -0.3 is 86.1 Å². The molecule has 8 fully saturated rings. The Morgan fingerprint density at radius 3 is 1.31 bits per heavy atom. The monoisotopic (exact) mass is 1920 g/mol. The van der Waals surface area contributed by atoms with E-state index in [-0.39, 0.29) is 116 Å². The van der Waals surface area contributed by atoms with Crippen LogP contribution in [0.1, 0.15) is 124 Å². The quantitative estimate of drug-likeness (QED) is 0.0168. The molecule has 27 heteroatoms. The Balaban J connectivity index is 0.000000266. The van der Waals surface area contributed by atoms with Crippen LogP contribution in [0.4, 0.5) is 11.4 Å². The molecule has 3 amide bonds. The molecule has 2 heterocycles. The number of carboxylic acid groups (broad SMARTS) is 1. The van der Waals surface area contributed by atoms with Gasteiger partial charge in [-0.1, -0.05) is 139 Å². The number of hydrogen-bond donors (Lipinski definition) is 9. The van der Waals surface area contributed by atoms with Gasteiger partial charge in [-0.15, -0.1) is 0 Å². The number of amides is 3. The van der Waals surface area contributed by atoms with Crippen molar-refractivity contribution in [3.63, 3.8) is 0 Å². The molecule has 672 valence electrons. The van der Waals surface area contributed by atoms with E-state index >= 15 is 0 Å².